The molecule has 0 radical (unpaired) electrons. The summed E-state index contributed by atoms with van der Waals surface area (Å²) in [6.07, 6.45) is 0. The van der Waals surface area contributed by atoms with Crippen molar-refractivity contribution >= 4 is 28.4 Å². The molecule has 0 aliphatic carbocycles. The summed E-state index contributed by atoms with van der Waals surface area (Å²) in [7, 11) is 0. The zero-order valence-corrected chi connectivity index (χ0v) is 14.3. The number of nitrogens with zero attached hydrogens (tertiary/aromatic N) is 3. The molecular formula is C19H17ClN4O. The largest absolute Gasteiger partial charge is 0.354 e. The van der Waals surface area contributed by atoms with Crippen LogP contribution in [0.4, 0.5) is 0 Å². The predicted molar refractivity (Wildman–Crippen MR) is 98.3 cm³/mol. The van der Waals surface area contributed by atoms with Crippen LogP contribution in [0.1, 0.15) is 5.69 Å². The first kappa shape index (κ1) is 16.0. The molecule has 0 bridgehead atoms. The summed E-state index contributed by atoms with van der Waals surface area (Å²) in [4.78, 5) is 23.2. The molecule has 1 aromatic heterocycles. The summed E-state index contributed by atoms with van der Waals surface area (Å²) in [6, 6.07) is 15.5. The maximum atomic E-state index is 11.7. The minimum absolute atomic E-state index is 0.0518. The van der Waals surface area contributed by atoms with Gasteiger partial charge in [0.05, 0.1) is 22.8 Å². The normalized spacial score (nSPS) is 15.3. The van der Waals surface area contributed by atoms with E-state index in [0.717, 1.165) is 28.7 Å². The van der Waals surface area contributed by atoms with Crippen molar-refractivity contribution in [3.63, 3.8) is 0 Å². The minimum Gasteiger partial charge on any atom is -0.354 e. The molecule has 6 heteroatoms. The average Bonchev–Trinajstić information content (AvgIpc) is 2.62. The monoisotopic (exact) mass is 352 g/mol. The van der Waals surface area contributed by atoms with Crippen molar-refractivity contribution in [3.05, 3.63) is 59.2 Å². The SMILES string of the molecule is O=C1CN(Cc2nc(-c3ccccc3Cl)nc3ccccc23)CCN1. The number of hydrogen-bond acceptors (Lipinski definition) is 4. The third-order valence-corrected chi connectivity index (χ3v) is 4.62. The van der Waals surface area contributed by atoms with Crippen molar-refractivity contribution in [2.45, 2.75) is 6.54 Å². The molecule has 1 fully saturated rings. The van der Waals surface area contributed by atoms with Crippen LogP contribution in [0.25, 0.3) is 22.3 Å². The average molecular weight is 353 g/mol. The van der Waals surface area contributed by atoms with Gasteiger partial charge in [0.25, 0.3) is 0 Å². The summed E-state index contributed by atoms with van der Waals surface area (Å²) in [5, 5.41) is 4.48. The Morgan fingerprint density at radius 1 is 1.08 bits per heavy atom. The van der Waals surface area contributed by atoms with Crippen LogP contribution < -0.4 is 5.32 Å². The molecule has 0 unspecified atom stereocenters. The summed E-state index contributed by atoms with van der Waals surface area (Å²) in [5.41, 5.74) is 2.60. The lowest BCUT2D eigenvalue weighted by molar-refractivity contribution is -0.124. The highest BCUT2D eigenvalue weighted by molar-refractivity contribution is 6.33. The summed E-state index contributed by atoms with van der Waals surface area (Å²) in [5.74, 6) is 0.664. The highest BCUT2D eigenvalue weighted by Gasteiger charge is 2.19. The molecule has 25 heavy (non-hydrogen) atoms. The molecule has 0 saturated carbocycles. The number of rotatable bonds is 3. The molecule has 5 nitrogen and oxygen atoms in total. The van der Waals surface area contributed by atoms with E-state index in [1.807, 2.05) is 48.5 Å². The number of nitrogens with one attached hydrogen (secondary N) is 1. The van der Waals surface area contributed by atoms with Gasteiger partial charge in [-0.1, -0.05) is 41.9 Å². The first-order chi connectivity index (χ1) is 12.2. The molecular weight excluding hydrogens is 336 g/mol. The van der Waals surface area contributed by atoms with Gasteiger partial charge in [0.1, 0.15) is 0 Å². The molecule has 2 heterocycles. The second-order valence-electron chi connectivity index (χ2n) is 6.05. The van der Waals surface area contributed by atoms with E-state index in [9.17, 15) is 4.79 Å². The number of amides is 1. The highest BCUT2D eigenvalue weighted by Crippen LogP contribution is 2.27. The van der Waals surface area contributed by atoms with Gasteiger partial charge in [0, 0.05) is 30.6 Å². The molecule has 4 rings (SSSR count). The second-order valence-corrected chi connectivity index (χ2v) is 6.46. The van der Waals surface area contributed by atoms with Gasteiger partial charge in [-0.2, -0.15) is 0 Å². The number of benzene rings is 2. The van der Waals surface area contributed by atoms with Crippen LogP contribution in [-0.2, 0) is 11.3 Å². The van der Waals surface area contributed by atoms with Gasteiger partial charge in [-0.25, -0.2) is 9.97 Å². The fourth-order valence-electron chi connectivity index (χ4n) is 3.06. The number of halogens is 1. The van der Waals surface area contributed by atoms with Gasteiger partial charge in [0.15, 0.2) is 5.82 Å². The summed E-state index contributed by atoms with van der Waals surface area (Å²) >= 11 is 6.33. The molecule has 1 aliphatic rings. The number of fused-ring (bicyclic) bond motifs is 1. The molecule has 1 N–H and O–H groups in total. The van der Waals surface area contributed by atoms with Gasteiger partial charge < -0.3 is 5.32 Å². The Balaban J connectivity index is 1.79. The zero-order valence-electron chi connectivity index (χ0n) is 13.6. The topological polar surface area (TPSA) is 58.1 Å². The molecule has 0 spiro atoms. The summed E-state index contributed by atoms with van der Waals surface area (Å²) in [6.45, 7) is 2.47. The minimum atomic E-state index is 0.0518. The molecule has 1 saturated heterocycles. The lowest BCUT2D eigenvalue weighted by Crippen LogP contribution is -2.47. The number of carbonyl (C=O) groups excluding carboxylic acids is 1. The molecule has 1 aliphatic heterocycles. The van der Waals surface area contributed by atoms with E-state index in [-0.39, 0.29) is 5.91 Å². The third kappa shape index (κ3) is 3.34. The number of aromatic nitrogens is 2. The molecule has 126 valence electrons. The van der Waals surface area contributed by atoms with Crippen LogP contribution in [0.2, 0.25) is 5.02 Å². The van der Waals surface area contributed by atoms with E-state index in [0.29, 0.717) is 30.5 Å². The van der Waals surface area contributed by atoms with Crippen LogP contribution in [0.5, 0.6) is 0 Å². The smallest absolute Gasteiger partial charge is 0.234 e. The number of carbonyl (C=O) groups is 1. The second kappa shape index (κ2) is 6.78. The van der Waals surface area contributed by atoms with E-state index < -0.39 is 0 Å². The van der Waals surface area contributed by atoms with Gasteiger partial charge in [0.2, 0.25) is 5.91 Å². The number of para-hydroxylation sites is 1. The Labute approximate surface area is 150 Å². The molecule has 3 aromatic rings. The highest BCUT2D eigenvalue weighted by atomic mass is 35.5. The van der Waals surface area contributed by atoms with Crippen LogP contribution in [0.15, 0.2) is 48.5 Å². The van der Waals surface area contributed by atoms with E-state index in [1.165, 1.54) is 0 Å². The Morgan fingerprint density at radius 3 is 2.72 bits per heavy atom. The fourth-order valence-corrected chi connectivity index (χ4v) is 3.28. The lowest BCUT2D eigenvalue weighted by Gasteiger charge is -2.26. The quantitative estimate of drug-likeness (QED) is 0.787. The Bertz CT molecular complexity index is 944. The summed E-state index contributed by atoms with van der Waals surface area (Å²) < 4.78 is 0. The molecule has 0 atom stereocenters. The van der Waals surface area contributed by atoms with Gasteiger partial charge in [-0.15, -0.1) is 0 Å². The molecule has 1 amide bonds. The van der Waals surface area contributed by atoms with Crippen LogP contribution in [0, 0.1) is 0 Å². The van der Waals surface area contributed by atoms with Crippen molar-refractivity contribution in [3.8, 4) is 11.4 Å². The first-order valence-corrected chi connectivity index (χ1v) is 8.58. The van der Waals surface area contributed by atoms with Gasteiger partial charge in [-0.05, 0) is 18.2 Å². The van der Waals surface area contributed by atoms with Crippen molar-refractivity contribution in [2.24, 2.45) is 0 Å². The van der Waals surface area contributed by atoms with Crippen LogP contribution in [0.3, 0.4) is 0 Å². The van der Waals surface area contributed by atoms with E-state index in [4.69, 9.17) is 16.6 Å². The van der Waals surface area contributed by atoms with Gasteiger partial charge >= 0.3 is 0 Å². The van der Waals surface area contributed by atoms with Crippen molar-refractivity contribution in [2.75, 3.05) is 19.6 Å². The van der Waals surface area contributed by atoms with Crippen molar-refractivity contribution in [1.29, 1.82) is 0 Å². The fraction of sp³-hybridized carbons (Fsp3) is 0.211. The first-order valence-electron chi connectivity index (χ1n) is 8.20. The Kier molecular flexibility index (Phi) is 4.34. The number of piperazine rings is 1. The maximum absolute atomic E-state index is 11.7. The van der Waals surface area contributed by atoms with Gasteiger partial charge in [-0.3, -0.25) is 9.69 Å². The standard InChI is InChI=1S/C19H17ClN4O/c20-15-7-3-1-5-13(15)19-22-16-8-4-2-6-14(16)17(23-19)11-24-10-9-21-18(25)12-24/h1-8H,9-12H2,(H,21,25). The third-order valence-electron chi connectivity index (χ3n) is 4.29. The Morgan fingerprint density at radius 2 is 1.88 bits per heavy atom. The van der Waals surface area contributed by atoms with Crippen LogP contribution in [-0.4, -0.2) is 40.4 Å². The zero-order chi connectivity index (χ0) is 17.2. The Hall–Kier alpha value is -2.50. The lowest BCUT2D eigenvalue weighted by atomic mass is 10.1. The van der Waals surface area contributed by atoms with Crippen molar-refractivity contribution in [1.82, 2.24) is 20.2 Å². The van der Waals surface area contributed by atoms with Crippen molar-refractivity contribution < 1.29 is 4.79 Å². The maximum Gasteiger partial charge on any atom is 0.234 e. The van der Waals surface area contributed by atoms with E-state index >= 15 is 0 Å². The van der Waals surface area contributed by atoms with E-state index in [1.54, 1.807) is 0 Å². The molecule has 2 aromatic carbocycles. The predicted octanol–water partition coefficient (Wildman–Crippen LogP) is 2.88. The number of hydrogen-bond donors (Lipinski definition) is 1. The van der Waals surface area contributed by atoms with Crippen LogP contribution >= 0.6 is 11.6 Å². The van der Waals surface area contributed by atoms with E-state index in [2.05, 4.69) is 15.2 Å².